The Morgan fingerprint density at radius 3 is 2.81 bits per heavy atom. The van der Waals surface area contributed by atoms with Gasteiger partial charge in [0.15, 0.2) is 0 Å². The number of carbonyl (C=O) groups excluding carboxylic acids is 2. The van der Waals surface area contributed by atoms with Crippen molar-refractivity contribution >= 4 is 11.8 Å². The Hall–Kier alpha value is -1.71. The summed E-state index contributed by atoms with van der Waals surface area (Å²) < 4.78 is 18.0. The van der Waals surface area contributed by atoms with Crippen LogP contribution in [0.5, 0.6) is 0 Å². The highest BCUT2D eigenvalue weighted by Crippen LogP contribution is 2.33. The molecule has 0 radical (unpaired) electrons. The number of benzene rings is 1. The molecule has 16 heavy (non-hydrogen) atoms. The van der Waals surface area contributed by atoms with Crippen LogP contribution < -0.4 is 0 Å². The minimum atomic E-state index is -0.701. The number of ketones is 1. The van der Waals surface area contributed by atoms with Crippen molar-refractivity contribution in [3.05, 3.63) is 35.6 Å². The van der Waals surface area contributed by atoms with E-state index in [-0.39, 0.29) is 11.6 Å². The quantitative estimate of drug-likeness (QED) is 0.568. The van der Waals surface area contributed by atoms with E-state index in [9.17, 15) is 14.0 Å². The standard InChI is InChI=1S/C12H11FO3/c1-7(14)10-6-11(16-12(10)15)8-3-2-4-9(13)5-8/h2-5,10-11H,6H2,1H3/t10-,11+/m0/s1. The zero-order valence-corrected chi connectivity index (χ0v) is 8.77. The van der Waals surface area contributed by atoms with E-state index in [2.05, 4.69) is 0 Å². The fraction of sp³-hybridized carbons (Fsp3) is 0.333. The smallest absolute Gasteiger partial charge is 0.317 e. The zero-order chi connectivity index (χ0) is 11.7. The summed E-state index contributed by atoms with van der Waals surface area (Å²) in [6.45, 7) is 1.36. The van der Waals surface area contributed by atoms with Crippen molar-refractivity contribution in [2.45, 2.75) is 19.4 Å². The average molecular weight is 222 g/mol. The zero-order valence-electron chi connectivity index (χ0n) is 8.77. The summed E-state index contributed by atoms with van der Waals surface area (Å²) in [5.74, 6) is -1.79. The van der Waals surface area contributed by atoms with E-state index in [1.54, 1.807) is 12.1 Å². The highest BCUT2D eigenvalue weighted by atomic mass is 19.1. The average Bonchev–Trinajstić information content (AvgIpc) is 2.60. The number of ether oxygens (including phenoxy) is 1. The van der Waals surface area contributed by atoms with Crippen molar-refractivity contribution in [2.75, 3.05) is 0 Å². The van der Waals surface area contributed by atoms with Crippen LogP contribution in [0.3, 0.4) is 0 Å². The van der Waals surface area contributed by atoms with Crippen LogP contribution >= 0.6 is 0 Å². The molecular formula is C12H11FO3. The van der Waals surface area contributed by atoms with Gasteiger partial charge in [-0.2, -0.15) is 0 Å². The number of carbonyl (C=O) groups is 2. The van der Waals surface area contributed by atoms with Gasteiger partial charge in [0.25, 0.3) is 0 Å². The maximum Gasteiger partial charge on any atom is 0.317 e. The predicted octanol–water partition coefficient (Wildman–Crippen LogP) is 2.02. The first-order chi connectivity index (χ1) is 7.58. The number of Topliss-reactive ketones (excluding diaryl/α,β-unsaturated/α-hetero) is 1. The SMILES string of the molecule is CC(=O)[C@@H]1C[C@H](c2cccc(F)c2)OC1=O. The van der Waals surface area contributed by atoms with E-state index >= 15 is 0 Å². The number of cyclic esters (lactones) is 1. The molecule has 1 heterocycles. The molecule has 0 bridgehead atoms. The molecule has 2 rings (SSSR count). The van der Waals surface area contributed by atoms with Crippen LogP contribution in [0.2, 0.25) is 0 Å². The number of halogens is 1. The van der Waals surface area contributed by atoms with E-state index in [4.69, 9.17) is 4.74 Å². The van der Waals surface area contributed by atoms with Crippen molar-refractivity contribution in [1.82, 2.24) is 0 Å². The van der Waals surface area contributed by atoms with E-state index in [0.29, 0.717) is 12.0 Å². The van der Waals surface area contributed by atoms with Crippen LogP contribution in [0, 0.1) is 11.7 Å². The van der Waals surface area contributed by atoms with Gasteiger partial charge in [0, 0.05) is 6.42 Å². The van der Waals surface area contributed by atoms with Crippen molar-refractivity contribution < 1.29 is 18.7 Å². The molecule has 0 N–H and O–H groups in total. The van der Waals surface area contributed by atoms with E-state index in [1.807, 2.05) is 0 Å². The van der Waals surface area contributed by atoms with Crippen LogP contribution in [0.15, 0.2) is 24.3 Å². The second-order valence-electron chi connectivity index (χ2n) is 3.88. The van der Waals surface area contributed by atoms with Crippen LogP contribution in [-0.4, -0.2) is 11.8 Å². The van der Waals surface area contributed by atoms with Gasteiger partial charge in [-0.05, 0) is 24.6 Å². The minimum Gasteiger partial charge on any atom is -0.457 e. The summed E-state index contributed by atoms with van der Waals surface area (Å²) in [5, 5.41) is 0. The third-order valence-corrected chi connectivity index (χ3v) is 2.70. The molecule has 84 valence electrons. The second kappa shape index (κ2) is 4.04. The molecule has 1 aliphatic heterocycles. The largest absolute Gasteiger partial charge is 0.457 e. The predicted molar refractivity (Wildman–Crippen MR) is 54.0 cm³/mol. The Kier molecular flexibility index (Phi) is 2.73. The molecule has 4 heteroatoms. The molecule has 1 saturated heterocycles. The van der Waals surface area contributed by atoms with Crippen molar-refractivity contribution in [3.63, 3.8) is 0 Å². The monoisotopic (exact) mass is 222 g/mol. The molecule has 0 saturated carbocycles. The first kappa shape index (κ1) is 10.8. The van der Waals surface area contributed by atoms with Gasteiger partial charge in [0.05, 0.1) is 0 Å². The summed E-state index contributed by atoms with van der Waals surface area (Å²) in [4.78, 5) is 22.5. The number of hydrogen-bond acceptors (Lipinski definition) is 3. The molecule has 1 fully saturated rings. The van der Waals surface area contributed by atoms with Crippen molar-refractivity contribution in [3.8, 4) is 0 Å². The Morgan fingerprint density at radius 2 is 2.25 bits per heavy atom. The van der Waals surface area contributed by atoms with Crippen LogP contribution in [-0.2, 0) is 14.3 Å². The first-order valence-corrected chi connectivity index (χ1v) is 5.04. The van der Waals surface area contributed by atoms with Gasteiger partial charge >= 0.3 is 5.97 Å². The molecule has 0 aliphatic carbocycles. The summed E-state index contributed by atoms with van der Waals surface area (Å²) >= 11 is 0. The Labute approximate surface area is 92.2 Å². The molecule has 3 nitrogen and oxygen atoms in total. The fourth-order valence-electron chi connectivity index (χ4n) is 1.82. The summed E-state index contributed by atoms with van der Waals surface area (Å²) in [6, 6.07) is 5.88. The molecule has 1 aromatic rings. The maximum atomic E-state index is 13.0. The van der Waals surface area contributed by atoms with E-state index in [0.717, 1.165) is 0 Å². The lowest BCUT2D eigenvalue weighted by molar-refractivity contribution is -0.146. The van der Waals surface area contributed by atoms with E-state index in [1.165, 1.54) is 19.1 Å². The molecule has 0 unspecified atom stereocenters. The van der Waals surface area contributed by atoms with Crippen LogP contribution in [0.25, 0.3) is 0 Å². The van der Waals surface area contributed by atoms with Crippen LogP contribution in [0.4, 0.5) is 4.39 Å². The molecule has 1 aromatic carbocycles. The van der Waals surface area contributed by atoms with Gasteiger partial charge in [0.2, 0.25) is 0 Å². The molecule has 2 atom stereocenters. The second-order valence-corrected chi connectivity index (χ2v) is 3.88. The van der Waals surface area contributed by atoms with Gasteiger partial charge in [-0.25, -0.2) is 4.39 Å². The Morgan fingerprint density at radius 1 is 1.50 bits per heavy atom. The highest BCUT2D eigenvalue weighted by molar-refractivity contribution is 5.98. The summed E-state index contributed by atoms with van der Waals surface area (Å²) in [7, 11) is 0. The third-order valence-electron chi connectivity index (χ3n) is 2.70. The van der Waals surface area contributed by atoms with Gasteiger partial charge in [-0.3, -0.25) is 9.59 Å². The first-order valence-electron chi connectivity index (χ1n) is 5.04. The number of hydrogen-bond donors (Lipinski definition) is 0. The lowest BCUT2D eigenvalue weighted by atomic mass is 9.97. The fourth-order valence-corrected chi connectivity index (χ4v) is 1.82. The molecular weight excluding hydrogens is 211 g/mol. The third kappa shape index (κ3) is 1.96. The van der Waals surface area contributed by atoms with Crippen LogP contribution in [0.1, 0.15) is 25.0 Å². The van der Waals surface area contributed by atoms with Gasteiger partial charge in [0.1, 0.15) is 23.6 Å². The normalized spacial score (nSPS) is 24.2. The molecule has 0 spiro atoms. The van der Waals surface area contributed by atoms with Gasteiger partial charge in [-0.15, -0.1) is 0 Å². The topological polar surface area (TPSA) is 43.4 Å². The summed E-state index contributed by atoms with van der Waals surface area (Å²) in [5.41, 5.74) is 0.595. The summed E-state index contributed by atoms with van der Waals surface area (Å²) in [6.07, 6.45) is -0.199. The minimum absolute atomic E-state index is 0.205. The van der Waals surface area contributed by atoms with Gasteiger partial charge < -0.3 is 4.74 Å². The molecule has 1 aliphatic rings. The molecule has 0 amide bonds. The van der Waals surface area contributed by atoms with E-state index < -0.39 is 18.0 Å². The highest BCUT2D eigenvalue weighted by Gasteiger charge is 2.38. The van der Waals surface area contributed by atoms with Crippen molar-refractivity contribution in [2.24, 2.45) is 5.92 Å². The number of rotatable bonds is 2. The number of esters is 1. The lowest BCUT2D eigenvalue weighted by Crippen LogP contribution is -2.15. The maximum absolute atomic E-state index is 13.0. The Balaban J connectivity index is 2.20. The Bertz CT molecular complexity index is 442. The lowest BCUT2D eigenvalue weighted by Gasteiger charge is -2.08. The van der Waals surface area contributed by atoms with Crippen molar-refractivity contribution in [1.29, 1.82) is 0 Å². The van der Waals surface area contributed by atoms with Gasteiger partial charge in [-0.1, -0.05) is 12.1 Å². The molecule has 0 aromatic heterocycles.